The summed E-state index contributed by atoms with van der Waals surface area (Å²) >= 11 is 0. The normalized spacial score (nSPS) is 27.7. The van der Waals surface area contributed by atoms with Crippen molar-refractivity contribution in [1.82, 2.24) is 0 Å². The summed E-state index contributed by atoms with van der Waals surface area (Å²) in [6, 6.07) is 0. The lowest BCUT2D eigenvalue weighted by Gasteiger charge is -2.21. The Balaban J connectivity index is 2.71. The van der Waals surface area contributed by atoms with Gasteiger partial charge in [-0.25, -0.2) is 0 Å². The first kappa shape index (κ1) is 9.74. The minimum Gasteiger partial charge on any atom is -0.508 e. The minimum absolute atomic E-state index is 0.111. The van der Waals surface area contributed by atoms with Crippen LogP contribution >= 0.6 is 0 Å². The van der Waals surface area contributed by atoms with Crippen LogP contribution in [0.1, 0.15) is 13.3 Å². The van der Waals surface area contributed by atoms with E-state index in [-0.39, 0.29) is 11.5 Å². The highest BCUT2D eigenvalue weighted by Gasteiger charge is 2.21. The van der Waals surface area contributed by atoms with Gasteiger partial charge in [0, 0.05) is 6.42 Å². The lowest BCUT2D eigenvalue weighted by atomic mass is 9.94. The van der Waals surface area contributed by atoms with E-state index >= 15 is 0 Å². The molecule has 13 heavy (non-hydrogen) atoms. The molecule has 1 unspecified atom stereocenters. The van der Waals surface area contributed by atoms with Crippen molar-refractivity contribution in [3.05, 3.63) is 36.1 Å². The van der Waals surface area contributed by atoms with Gasteiger partial charge >= 0.3 is 0 Å². The fraction of sp³-hybridized carbons (Fsp3) is 0.300. The van der Waals surface area contributed by atoms with Crippen molar-refractivity contribution in [1.29, 1.82) is 0 Å². The molecule has 0 heterocycles. The Hall–Kier alpha value is -1.35. The lowest BCUT2D eigenvalue weighted by molar-refractivity contribution is -0.112. The Kier molecular flexibility index (Phi) is 2.68. The van der Waals surface area contributed by atoms with Crippen LogP contribution in [-0.4, -0.2) is 21.6 Å². The van der Waals surface area contributed by atoms with Gasteiger partial charge in [0.25, 0.3) is 0 Å². The molecule has 0 saturated heterocycles. The van der Waals surface area contributed by atoms with E-state index < -0.39 is 5.60 Å². The molecular formula is C10H12O3. The predicted octanol–water partition coefficient (Wildman–Crippen LogP) is 1.26. The van der Waals surface area contributed by atoms with Gasteiger partial charge in [-0.15, -0.1) is 0 Å². The summed E-state index contributed by atoms with van der Waals surface area (Å²) in [6.07, 6.45) is 7.41. The number of allylic oxidation sites excluding steroid dienone is 2. The van der Waals surface area contributed by atoms with Crippen LogP contribution < -0.4 is 0 Å². The SMILES string of the molecule is CC(=O)C=CC1(O)C=CC(O)=CC1. The van der Waals surface area contributed by atoms with Gasteiger partial charge < -0.3 is 10.2 Å². The van der Waals surface area contributed by atoms with Gasteiger partial charge in [0.05, 0.1) is 0 Å². The second kappa shape index (κ2) is 3.58. The van der Waals surface area contributed by atoms with Crippen LogP contribution in [0.15, 0.2) is 36.1 Å². The van der Waals surface area contributed by atoms with Crippen LogP contribution in [-0.2, 0) is 4.79 Å². The van der Waals surface area contributed by atoms with Crippen LogP contribution in [0.3, 0.4) is 0 Å². The second-order valence-corrected chi connectivity index (χ2v) is 3.10. The van der Waals surface area contributed by atoms with E-state index in [1.165, 1.54) is 37.3 Å². The van der Waals surface area contributed by atoms with Crippen molar-refractivity contribution < 1.29 is 15.0 Å². The molecule has 3 heteroatoms. The first-order chi connectivity index (χ1) is 6.02. The quantitative estimate of drug-likeness (QED) is 0.629. The molecule has 0 radical (unpaired) electrons. The second-order valence-electron chi connectivity index (χ2n) is 3.10. The molecule has 0 fully saturated rings. The molecule has 1 atom stereocenters. The Morgan fingerprint density at radius 2 is 2.38 bits per heavy atom. The molecule has 0 aromatic rings. The monoisotopic (exact) mass is 180 g/mol. The van der Waals surface area contributed by atoms with Crippen LogP contribution in [0.2, 0.25) is 0 Å². The Morgan fingerprint density at radius 3 is 2.85 bits per heavy atom. The molecule has 1 aliphatic carbocycles. The lowest BCUT2D eigenvalue weighted by Crippen LogP contribution is -2.24. The number of carbonyl (C=O) groups excluding carboxylic acids is 1. The van der Waals surface area contributed by atoms with E-state index in [9.17, 15) is 9.90 Å². The van der Waals surface area contributed by atoms with E-state index in [0.29, 0.717) is 6.42 Å². The molecule has 1 rings (SSSR count). The highest BCUT2D eigenvalue weighted by atomic mass is 16.3. The summed E-state index contributed by atoms with van der Waals surface area (Å²) in [5.74, 6) is 0.0292. The van der Waals surface area contributed by atoms with Gasteiger partial charge in [0.1, 0.15) is 11.4 Å². The van der Waals surface area contributed by atoms with Gasteiger partial charge in [0.15, 0.2) is 5.78 Å². The Morgan fingerprint density at radius 1 is 1.69 bits per heavy atom. The fourth-order valence-corrected chi connectivity index (χ4v) is 1.02. The average Bonchev–Trinajstić information content (AvgIpc) is 2.08. The van der Waals surface area contributed by atoms with Crippen LogP contribution in [0.25, 0.3) is 0 Å². The zero-order chi connectivity index (χ0) is 9.90. The van der Waals surface area contributed by atoms with Gasteiger partial charge in [-0.05, 0) is 37.3 Å². The van der Waals surface area contributed by atoms with Crippen molar-refractivity contribution >= 4 is 5.78 Å². The maximum absolute atomic E-state index is 10.6. The third kappa shape index (κ3) is 2.87. The predicted molar refractivity (Wildman–Crippen MR) is 49.2 cm³/mol. The molecule has 2 N–H and O–H groups in total. The first-order valence-electron chi connectivity index (χ1n) is 4.02. The molecule has 0 spiro atoms. The number of carbonyl (C=O) groups is 1. The smallest absolute Gasteiger partial charge is 0.152 e. The van der Waals surface area contributed by atoms with Gasteiger partial charge in [0.2, 0.25) is 0 Å². The van der Waals surface area contributed by atoms with E-state index in [1.807, 2.05) is 0 Å². The minimum atomic E-state index is -1.13. The molecule has 3 nitrogen and oxygen atoms in total. The van der Waals surface area contributed by atoms with Crippen molar-refractivity contribution in [2.24, 2.45) is 0 Å². The van der Waals surface area contributed by atoms with Crippen molar-refractivity contribution in [3.8, 4) is 0 Å². The molecule has 1 aliphatic rings. The van der Waals surface area contributed by atoms with E-state index in [2.05, 4.69) is 0 Å². The third-order valence-corrected chi connectivity index (χ3v) is 1.79. The fourth-order valence-electron chi connectivity index (χ4n) is 1.02. The van der Waals surface area contributed by atoms with E-state index in [0.717, 1.165) is 0 Å². The number of aliphatic hydroxyl groups excluding tert-OH is 1. The molecule has 0 amide bonds. The summed E-state index contributed by atoms with van der Waals surface area (Å²) in [4.78, 5) is 10.6. The van der Waals surface area contributed by atoms with Crippen molar-refractivity contribution in [2.75, 3.05) is 0 Å². The van der Waals surface area contributed by atoms with Crippen LogP contribution in [0.4, 0.5) is 0 Å². The summed E-state index contributed by atoms with van der Waals surface area (Å²) in [5, 5.41) is 18.7. The molecule has 0 aromatic heterocycles. The summed E-state index contributed by atoms with van der Waals surface area (Å²) < 4.78 is 0. The molecule has 0 aliphatic heterocycles. The maximum atomic E-state index is 10.6. The number of hydrogen-bond donors (Lipinski definition) is 2. The van der Waals surface area contributed by atoms with Crippen molar-refractivity contribution in [2.45, 2.75) is 18.9 Å². The number of hydrogen-bond acceptors (Lipinski definition) is 3. The van der Waals surface area contributed by atoms with E-state index in [4.69, 9.17) is 5.11 Å². The van der Waals surface area contributed by atoms with Gasteiger partial charge in [-0.1, -0.05) is 0 Å². The summed E-state index contributed by atoms with van der Waals surface area (Å²) in [6.45, 7) is 1.42. The van der Waals surface area contributed by atoms with Crippen LogP contribution in [0, 0.1) is 0 Å². The Bertz CT molecular complexity index is 299. The van der Waals surface area contributed by atoms with Crippen LogP contribution in [0.5, 0.6) is 0 Å². The number of ketones is 1. The molecule has 0 bridgehead atoms. The molecule has 70 valence electrons. The first-order valence-corrected chi connectivity index (χ1v) is 4.02. The number of rotatable bonds is 2. The molecule has 0 saturated carbocycles. The standard InChI is InChI=1S/C10H12O3/c1-8(11)2-5-10(13)6-3-9(12)4-7-10/h2-6,12-13H,7H2,1H3. The van der Waals surface area contributed by atoms with Crippen molar-refractivity contribution in [3.63, 3.8) is 0 Å². The summed E-state index contributed by atoms with van der Waals surface area (Å²) in [5.41, 5.74) is -1.13. The average molecular weight is 180 g/mol. The van der Waals surface area contributed by atoms with Gasteiger partial charge in [-0.2, -0.15) is 0 Å². The highest BCUT2D eigenvalue weighted by molar-refractivity contribution is 5.87. The largest absolute Gasteiger partial charge is 0.508 e. The molecule has 0 aromatic carbocycles. The zero-order valence-electron chi connectivity index (χ0n) is 7.40. The third-order valence-electron chi connectivity index (χ3n) is 1.79. The topological polar surface area (TPSA) is 57.5 Å². The van der Waals surface area contributed by atoms with E-state index in [1.54, 1.807) is 0 Å². The summed E-state index contributed by atoms with van der Waals surface area (Å²) in [7, 11) is 0. The number of aliphatic hydroxyl groups is 2. The highest BCUT2D eigenvalue weighted by Crippen LogP contribution is 2.21. The Labute approximate surface area is 76.7 Å². The van der Waals surface area contributed by atoms with Gasteiger partial charge in [-0.3, -0.25) is 4.79 Å². The zero-order valence-corrected chi connectivity index (χ0v) is 7.40. The maximum Gasteiger partial charge on any atom is 0.152 e. The molecular weight excluding hydrogens is 168 g/mol.